The summed E-state index contributed by atoms with van der Waals surface area (Å²) in [6, 6.07) is 20.7. The molecular weight excluding hydrogens is 446 g/mol. The Morgan fingerprint density at radius 1 is 1.00 bits per heavy atom. The Morgan fingerprint density at radius 3 is 2.44 bits per heavy atom. The van der Waals surface area contributed by atoms with E-state index < -0.39 is 0 Å². The molecule has 188 valence electrons. The number of allylic oxidation sites excluding steroid dienone is 1. The minimum atomic E-state index is 0.0179. The van der Waals surface area contributed by atoms with Crippen molar-refractivity contribution in [1.29, 1.82) is 0 Å². The van der Waals surface area contributed by atoms with Crippen LogP contribution in [0.1, 0.15) is 27.0 Å². The average molecular weight is 484 g/mol. The van der Waals surface area contributed by atoms with Crippen molar-refractivity contribution in [3.63, 3.8) is 0 Å². The molecule has 0 bridgehead atoms. The molecule has 0 radical (unpaired) electrons. The fourth-order valence-corrected chi connectivity index (χ4v) is 4.75. The molecule has 0 amide bonds. The Morgan fingerprint density at radius 2 is 1.75 bits per heavy atom. The molecule has 5 nitrogen and oxygen atoms in total. The zero-order chi connectivity index (χ0) is 25.7. The van der Waals surface area contributed by atoms with E-state index in [1.807, 2.05) is 44.4 Å². The Labute approximate surface area is 215 Å². The molecule has 0 spiro atoms. The zero-order valence-electron chi connectivity index (χ0n) is 22.1. The summed E-state index contributed by atoms with van der Waals surface area (Å²) in [5.74, 6) is 0.875. The summed E-state index contributed by atoms with van der Waals surface area (Å²) in [5, 5.41) is 0. The number of hydrogen-bond acceptors (Lipinski definition) is 5. The second kappa shape index (κ2) is 11.5. The highest BCUT2D eigenvalue weighted by Crippen LogP contribution is 2.31. The zero-order valence-corrected chi connectivity index (χ0v) is 22.1. The van der Waals surface area contributed by atoms with E-state index in [1.165, 1.54) is 5.56 Å². The molecular formula is C31H37N3O2. The minimum absolute atomic E-state index is 0.0179. The molecule has 3 aromatic rings. The van der Waals surface area contributed by atoms with Crippen LogP contribution in [-0.4, -0.2) is 70.0 Å². The Hall–Kier alpha value is -3.41. The second-order valence-corrected chi connectivity index (χ2v) is 9.84. The third kappa shape index (κ3) is 6.04. The summed E-state index contributed by atoms with van der Waals surface area (Å²) >= 11 is 0. The van der Waals surface area contributed by atoms with Gasteiger partial charge in [0.2, 0.25) is 0 Å². The number of piperazine rings is 1. The molecule has 3 aromatic carbocycles. The van der Waals surface area contributed by atoms with E-state index >= 15 is 0 Å². The summed E-state index contributed by atoms with van der Waals surface area (Å²) in [7, 11) is 7.90. The molecule has 1 aliphatic heterocycles. The maximum atomic E-state index is 13.6. The van der Waals surface area contributed by atoms with E-state index in [4.69, 9.17) is 4.74 Å². The molecule has 0 aliphatic carbocycles. The van der Waals surface area contributed by atoms with Gasteiger partial charge in [-0.05, 0) is 80.7 Å². The second-order valence-electron chi connectivity index (χ2n) is 9.84. The number of ketones is 1. The molecule has 1 fully saturated rings. The highest BCUT2D eigenvalue weighted by atomic mass is 16.5. The van der Waals surface area contributed by atoms with Crippen molar-refractivity contribution < 1.29 is 9.53 Å². The molecule has 0 unspecified atom stereocenters. The van der Waals surface area contributed by atoms with E-state index in [2.05, 4.69) is 65.1 Å². The SMILES string of the molecule is COc1ccc(C=CC(=O)c2cc(-c3ccccc3C)ccc2N2CCN(C)CC2)cc1CN(C)C. The fourth-order valence-electron chi connectivity index (χ4n) is 4.75. The van der Waals surface area contributed by atoms with Crippen molar-refractivity contribution in [3.8, 4) is 16.9 Å². The summed E-state index contributed by atoms with van der Waals surface area (Å²) < 4.78 is 5.52. The fraction of sp³-hybridized carbons (Fsp3) is 0.323. The lowest BCUT2D eigenvalue weighted by molar-refractivity contribution is 0.104. The van der Waals surface area contributed by atoms with Gasteiger partial charge in [-0.2, -0.15) is 0 Å². The van der Waals surface area contributed by atoms with E-state index in [1.54, 1.807) is 13.2 Å². The first-order valence-corrected chi connectivity index (χ1v) is 12.5. The van der Waals surface area contributed by atoms with Gasteiger partial charge in [-0.1, -0.05) is 42.5 Å². The van der Waals surface area contributed by atoms with Crippen LogP contribution in [0.25, 0.3) is 17.2 Å². The topological polar surface area (TPSA) is 36.0 Å². The number of anilines is 1. The number of carbonyl (C=O) groups is 1. The van der Waals surface area contributed by atoms with E-state index in [-0.39, 0.29) is 5.78 Å². The van der Waals surface area contributed by atoms with Crippen LogP contribution in [0, 0.1) is 6.92 Å². The molecule has 1 aliphatic rings. The van der Waals surface area contributed by atoms with Crippen molar-refractivity contribution in [2.75, 3.05) is 59.3 Å². The largest absolute Gasteiger partial charge is 0.496 e. The van der Waals surface area contributed by atoms with Crippen LogP contribution in [-0.2, 0) is 6.54 Å². The number of benzene rings is 3. The van der Waals surface area contributed by atoms with Gasteiger partial charge in [0.15, 0.2) is 5.78 Å². The Balaban J connectivity index is 1.68. The molecule has 1 heterocycles. The minimum Gasteiger partial charge on any atom is -0.496 e. The summed E-state index contributed by atoms with van der Waals surface area (Å²) in [4.78, 5) is 20.4. The first-order valence-electron chi connectivity index (χ1n) is 12.5. The van der Waals surface area contributed by atoms with E-state index in [0.717, 1.165) is 72.0 Å². The molecule has 0 aromatic heterocycles. The molecule has 0 saturated carbocycles. The van der Waals surface area contributed by atoms with Gasteiger partial charge in [0, 0.05) is 49.5 Å². The van der Waals surface area contributed by atoms with Crippen LogP contribution in [0.5, 0.6) is 5.75 Å². The van der Waals surface area contributed by atoms with Gasteiger partial charge >= 0.3 is 0 Å². The molecule has 5 heteroatoms. The predicted molar refractivity (Wildman–Crippen MR) is 150 cm³/mol. The van der Waals surface area contributed by atoms with Gasteiger partial charge in [0.1, 0.15) is 5.75 Å². The quantitative estimate of drug-likeness (QED) is 0.318. The molecule has 4 rings (SSSR count). The third-order valence-electron chi connectivity index (χ3n) is 6.78. The number of carbonyl (C=O) groups excluding carboxylic acids is 1. The van der Waals surface area contributed by atoms with Crippen molar-refractivity contribution in [1.82, 2.24) is 9.80 Å². The lowest BCUT2D eigenvalue weighted by atomic mass is 9.95. The highest BCUT2D eigenvalue weighted by molar-refractivity contribution is 6.11. The van der Waals surface area contributed by atoms with Gasteiger partial charge in [0.25, 0.3) is 0 Å². The lowest BCUT2D eigenvalue weighted by Gasteiger charge is -2.35. The van der Waals surface area contributed by atoms with E-state index in [9.17, 15) is 4.79 Å². The number of likely N-dealkylation sites (N-methyl/N-ethyl adjacent to an activating group) is 1. The number of methoxy groups -OCH3 is 1. The number of ether oxygens (including phenoxy) is 1. The molecule has 0 atom stereocenters. The number of nitrogens with zero attached hydrogens (tertiary/aromatic N) is 3. The van der Waals surface area contributed by atoms with Crippen LogP contribution >= 0.6 is 0 Å². The Kier molecular flexibility index (Phi) is 8.24. The predicted octanol–water partition coefficient (Wildman–Crippen LogP) is 5.38. The van der Waals surface area contributed by atoms with Crippen LogP contribution < -0.4 is 9.64 Å². The van der Waals surface area contributed by atoms with Crippen LogP contribution in [0.4, 0.5) is 5.69 Å². The maximum Gasteiger partial charge on any atom is 0.187 e. The maximum absolute atomic E-state index is 13.6. The average Bonchev–Trinajstić information content (AvgIpc) is 2.87. The molecule has 36 heavy (non-hydrogen) atoms. The number of aryl methyl sites for hydroxylation is 1. The van der Waals surface area contributed by atoms with E-state index in [0.29, 0.717) is 0 Å². The number of hydrogen-bond donors (Lipinski definition) is 0. The first kappa shape index (κ1) is 25.7. The van der Waals surface area contributed by atoms with Gasteiger partial charge in [-0.15, -0.1) is 0 Å². The van der Waals surface area contributed by atoms with Crippen molar-refractivity contribution in [3.05, 3.63) is 89.0 Å². The standard InChI is InChI=1S/C31H37N3O2/c1-23-8-6-7-9-27(23)25-12-13-29(34-18-16-33(4)17-19-34)28(21-25)30(35)14-10-24-11-15-31(36-5)26(20-24)22-32(2)3/h6-15,20-21H,16-19,22H2,1-5H3. The summed E-state index contributed by atoms with van der Waals surface area (Å²) in [5.41, 5.74) is 7.26. The third-order valence-corrected chi connectivity index (χ3v) is 6.78. The highest BCUT2D eigenvalue weighted by Gasteiger charge is 2.20. The smallest absolute Gasteiger partial charge is 0.187 e. The molecule has 1 saturated heterocycles. The number of rotatable bonds is 8. The van der Waals surface area contributed by atoms with Gasteiger partial charge in [-0.3, -0.25) is 4.79 Å². The van der Waals surface area contributed by atoms with Gasteiger partial charge in [-0.25, -0.2) is 0 Å². The van der Waals surface area contributed by atoms with Gasteiger partial charge < -0.3 is 19.4 Å². The van der Waals surface area contributed by atoms with Crippen LogP contribution in [0.2, 0.25) is 0 Å². The Bertz CT molecular complexity index is 1240. The van der Waals surface area contributed by atoms with Gasteiger partial charge in [0.05, 0.1) is 7.11 Å². The normalized spacial score (nSPS) is 14.6. The first-order chi connectivity index (χ1) is 17.4. The lowest BCUT2D eigenvalue weighted by Crippen LogP contribution is -2.45. The van der Waals surface area contributed by atoms with Crippen molar-refractivity contribution in [2.24, 2.45) is 0 Å². The van der Waals surface area contributed by atoms with Crippen LogP contribution in [0.15, 0.2) is 66.7 Å². The van der Waals surface area contributed by atoms with Crippen LogP contribution in [0.3, 0.4) is 0 Å². The summed E-state index contributed by atoms with van der Waals surface area (Å²) in [6.07, 6.45) is 3.62. The molecule has 0 N–H and O–H groups in total. The van der Waals surface area contributed by atoms with Crippen molar-refractivity contribution >= 4 is 17.5 Å². The monoisotopic (exact) mass is 483 g/mol. The van der Waals surface area contributed by atoms with Crippen molar-refractivity contribution in [2.45, 2.75) is 13.5 Å². The summed E-state index contributed by atoms with van der Waals surface area (Å²) in [6.45, 7) is 6.69.